The Hall–Kier alpha value is -2.90. The summed E-state index contributed by atoms with van der Waals surface area (Å²) in [4.78, 5) is 21.5. The maximum Gasteiger partial charge on any atom is 0.257 e. The molecule has 1 amide bonds. The minimum absolute atomic E-state index is 0.0154. The van der Waals surface area contributed by atoms with E-state index in [1.165, 1.54) is 0 Å². The summed E-state index contributed by atoms with van der Waals surface area (Å²) >= 11 is 6.12. The van der Waals surface area contributed by atoms with Crippen molar-refractivity contribution in [2.24, 2.45) is 0 Å². The van der Waals surface area contributed by atoms with Crippen LogP contribution in [0, 0.1) is 6.92 Å². The maximum absolute atomic E-state index is 13.0. The van der Waals surface area contributed by atoms with Gasteiger partial charge in [-0.15, -0.1) is 0 Å². The quantitative estimate of drug-likeness (QED) is 0.607. The van der Waals surface area contributed by atoms with E-state index in [0.717, 1.165) is 25.3 Å². The standard InChI is InChI=1S/C22H24ClN5O2/c1-17-18(16-25-28(17)21-8-4-5-9-24-21)22(29)27-12-10-26(11-13-27)14-15-30-20-7-3-2-6-19(20)23/h2-9,16H,10-15H2,1H3. The monoisotopic (exact) mass is 425 g/mol. The van der Waals surface area contributed by atoms with Crippen molar-refractivity contribution in [3.8, 4) is 11.6 Å². The number of piperazine rings is 1. The second kappa shape index (κ2) is 9.28. The Labute approximate surface area is 180 Å². The number of pyridine rings is 1. The summed E-state index contributed by atoms with van der Waals surface area (Å²) < 4.78 is 7.48. The SMILES string of the molecule is Cc1c(C(=O)N2CCN(CCOc3ccccc3Cl)CC2)cnn1-c1ccccn1. The van der Waals surface area contributed by atoms with Crippen LogP contribution in [0.2, 0.25) is 5.02 Å². The molecule has 8 heteroatoms. The number of hydrogen-bond acceptors (Lipinski definition) is 5. The molecule has 0 spiro atoms. The van der Waals surface area contributed by atoms with Gasteiger partial charge in [0.25, 0.3) is 5.91 Å². The highest BCUT2D eigenvalue weighted by molar-refractivity contribution is 6.32. The van der Waals surface area contributed by atoms with E-state index >= 15 is 0 Å². The number of ether oxygens (including phenoxy) is 1. The molecule has 1 aliphatic heterocycles. The fraction of sp³-hybridized carbons (Fsp3) is 0.318. The van der Waals surface area contributed by atoms with Gasteiger partial charge in [0.1, 0.15) is 12.4 Å². The largest absolute Gasteiger partial charge is 0.491 e. The van der Waals surface area contributed by atoms with Gasteiger partial charge in [0, 0.05) is 38.9 Å². The average molecular weight is 426 g/mol. The summed E-state index contributed by atoms with van der Waals surface area (Å²) in [5, 5.41) is 4.98. The molecule has 0 unspecified atom stereocenters. The second-order valence-corrected chi connectivity index (χ2v) is 7.56. The highest BCUT2D eigenvalue weighted by atomic mass is 35.5. The minimum Gasteiger partial charge on any atom is -0.491 e. The molecule has 4 rings (SSSR count). The third-order valence-corrected chi connectivity index (χ3v) is 5.58. The van der Waals surface area contributed by atoms with Crippen molar-refractivity contribution in [1.29, 1.82) is 0 Å². The first-order valence-electron chi connectivity index (χ1n) is 9.98. The van der Waals surface area contributed by atoms with E-state index in [9.17, 15) is 4.79 Å². The lowest BCUT2D eigenvalue weighted by molar-refractivity contribution is 0.0619. The van der Waals surface area contributed by atoms with Gasteiger partial charge >= 0.3 is 0 Å². The molecule has 1 saturated heterocycles. The maximum atomic E-state index is 13.0. The van der Waals surface area contributed by atoms with Gasteiger partial charge in [0.05, 0.1) is 22.5 Å². The Morgan fingerprint density at radius 2 is 1.87 bits per heavy atom. The molecule has 0 saturated carbocycles. The molecule has 0 atom stereocenters. The van der Waals surface area contributed by atoms with Crippen molar-refractivity contribution in [3.05, 3.63) is 71.1 Å². The van der Waals surface area contributed by atoms with Crippen LogP contribution in [0.4, 0.5) is 0 Å². The lowest BCUT2D eigenvalue weighted by Crippen LogP contribution is -2.49. The third-order valence-electron chi connectivity index (χ3n) is 5.27. The number of amides is 1. The predicted octanol–water partition coefficient (Wildman–Crippen LogP) is 3.07. The summed E-state index contributed by atoms with van der Waals surface area (Å²) in [5.74, 6) is 1.42. The number of carbonyl (C=O) groups is 1. The molecular weight excluding hydrogens is 402 g/mol. The van der Waals surface area contributed by atoms with Gasteiger partial charge in [-0.25, -0.2) is 9.67 Å². The van der Waals surface area contributed by atoms with Crippen molar-refractivity contribution in [2.75, 3.05) is 39.3 Å². The van der Waals surface area contributed by atoms with E-state index < -0.39 is 0 Å². The van der Waals surface area contributed by atoms with Gasteiger partial charge in [-0.3, -0.25) is 9.69 Å². The van der Waals surface area contributed by atoms with Gasteiger partial charge in [-0.05, 0) is 31.2 Å². The fourth-order valence-corrected chi connectivity index (χ4v) is 3.71. The highest BCUT2D eigenvalue weighted by Crippen LogP contribution is 2.23. The van der Waals surface area contributed by atoms with E-state index in [-0.39, 0.29) is 5.91 Å². The van der Waals surface area contributed by atoms with E-state index in [4.69, 9.17) is 16.3 Å². The van der Waals surface area contributed by atoms with E-state index in [1.807, 2.05) is 54.3 Å². The Morgan fingerprint density at radius 3 is 2.60 bits per heavy atom. The number of benzene rings is 1. The van der Waals surface area contributed by atoms with Crippen LogP contribution in [0.5, 0.6) is 5.75 Å². The zero-order chi connectivity index (χ0) is 20.9. The zero-order valence-electron chi connectivity index (χ0n) is 16.9. The fourth-order valence-electron chi connectivity index (χ4n) is 3.52. The first kappa shape index (κ1) is 20.4. The van der Waals surface area contributed by atoms with Gasteiger partial charge in [-0.1, -0.05) is 29.8 Å². The Balaban J connectivity index is 1.30. The number of nitrogens with zero attached hydrogens (tertiary/aromatic N) is 5. The molecule has 0 aliphatic carbocycles. The number of halogens is 1. The van der Waals surface area contributed by atoms with Crippen molar-refractivity contribution in [1.82, 2.24) is 24.6 Å². The highest BCUT2D eigenvalue weighted by Gasteiger charge is 2.25. The molecule has 7 nitrogen and oxygen atoms in total. The first-order valence-corrected chi connectivity index (χ1v) is 10.4. The lowest BCUT2D eigenvalue weighted by Gasteiger charge is -2.34. The normalized spacial score (nSPS) is 14.7. The molecule has 0 N–H and O–H groups in total. The number of carbonyl (C=O) groups excluding carboxylic acids is 1. The third kappa shape index (κ3) is 4.47. The molecule has 3 heterocycles. The molecule has 0 bridgehead atoms. The minimum atomic E-state index is 0.0154. The van der Waals surface area contributed by atoms with Crippen LogP contribution in [0.25, 0.3) is 5.82 Å². The molecule has 1 aliphatic rings. The molecule has 3 aromatic rings. The van der Waals surface area contributed by atoms with Gasteiger partial charge in [-0.2, -0.15) is 5.10 Å². The second-order valence-electron chi connectivity index (χ2n) is 7.16. The van der Waals surface area contributed by atoms with E-state index in [1.54, 1.807) is 17.1 Å². The summed E-state index contributed by atoms with van der Waals surface area (Å²) in [6.07, 6.45) is 3.35. The van der Waals surface area contributed by atoms with Crippen LogP contribution in [0.3, 0.4) is 0 Å². The summed E-state index contributed by atoms with van der Waals surface area (Å²) in [6.45, 7) is 6.24. The smallest absolute Gasteiger partial charge is 0.257 e. The van der Waals surface area contributed by atoms with Gasteiger partial charge in [0.15, 0.2) is 5.82 Å². The Morgan fingerprint density at radius 1 is 1.10 bits per heavy atom. The zero-order valence-corrected chi connectivity index (χ0v) is 17.6. The van der Waals surface area contributed by atoms with Crippen molar-refractivity contribution in [3.63, 3.8) is 0 Å². The van der Waals surface area contributed by atoms with Crippen LogP contribution >= 0.6 is 11.6 Å². The molecule has 1 aromatic carbocycles. The number of rotatable bonds is 6. The van der Waals surface area contributed by atoms with Gasteiger partial charge < -0.3 is 9.64 Å². The summed E-state index contributed by atoms with van der Waals surface area (Å²) in [6, 6.07) is 13.1. The number of para-hydroxylation sites is 1. The van der Waals surface area contributed by atoms with Gasteiger partial charge in [0.2, 0.25) is 0 Å². The average Bonchev–Trinajstić information content (AvgIpc) is 3.17. The Kier molecular flexibility index (Phi) is 6.30. The van der Waals surface area contributed by atoms with Crippen LogP contribution < -0.4 is 4.74 Å². The molecule has 2 aromatic heterocycles. The molecular formula is C22H24ClN5O2. The van der Waals surface area contributed by atoms with Crippen molar-refractivity contribution in [2.45, 2.75) is 6.92 Å². The molecule has 30 heavy (non-hydrogen) atoms. The topological polar surface area (TPSA) is 63.5 Å². The number of aromatic nitrogens is 3. The number of hydrogen-bond donors (Lipinski definition) is 0. The molecule has 1 fully saturated rings. The Bertz CT molecular complexity index is 1000. The van der Waals surface area contributed by atoms with Crippen molar-refractivity contribution < 1.29 is 9.53 Å². The first-order chi connectivity index (χ1) is 14.6. The van der Waals surface area contributed by atoms with Crippen LogP contribution in [-0.2, 0) is 0 Å². The summed E-state index contributed by atoms with van der Waals surface area (Å²) in [5.41, 5.74) is 1.42. The molecule has 156 valence electrons. The predicted molar refractivity (Wildman–Crippen MR) is 115 cm³/mol. The van der Waals surface area contributed by atoms with E-state index in [0.29, 0.717) is 41.8 Å². The lowest BCUT2D eigenvalue weighted by atomic mass is 10.2. The van der Waals surface area contributed by atoms with Crippen LogP contribution in [0.1, 0.15) is 16.1 Å². The van der Waals surface area contributed by atoms with E-state index in [2.05, 4.69) is 15.0 Å². The van der Waals surface area contributed by atoms with Crippen LogP contribution in [-0.4, -0.2) is 69.8 Å². The summed E-state index contributed by atoms with van der Waals surface area (Å²) in [7, 11) is 0. The van der Waals surface area contributed by atoms with Crippen molar-refractivity contribution >= 4 is 17.5 Å². The molecule has 0 radical (unpaired) electrons. The van der Waals surface area contributed by atoms with Crippen LogP contribution in [0.15, 0.2) is 54.9 Å².